The summed E-state index contributed by atoms with van der Waals surface area (Å²) in [5, 5.41) is 13.3. The lowest BCUT2D eigenvalue weighted by Crippen LogP contribution is -2.52. The summed E-state index contributed by atoms with van der Waals surface area (Å²) >= 11 is 0. The number of nitrogens with one attached hydrogen (secondary N) is 2. The molecule has 216 valence electrons. The molecule has 0 saturated heterocycles. The molecule has 12 heteroatoms. The average molecular weight is 575 g/mol. The van der Waals surface area contributed by atoms with Crippen molar-refractivity contribution in [3.8, 4) is 5.75 Å². The Morgan fingerprint density at radius 3 is 2.62 bits per heavy atom. The lowest BCUT2D eigenvalue weighted by molar-refractivity contribution is -0.119. The Labute approximate surface area is 239 Å². The molecule has 1 spiro atoms. The normalized spacial score (nSPS) is 21.0. The topological polar surface area (TPSA) is 132 Å². The molecule has 0 radical (unpaired) electrons. The number of hydrogen-bond donors (Lipinski definition) is 2. The fourth-order valence-electron chi connectivity index (χ4n) is 6.16. The van der Waals surface area contributed by atoms with Gasteiger partial charge >= 0.3 is 0 Å². The van der Waals surface area contributed by atoms with Gasteiger partial charge in [0.2, 0.25) is 5.91 Å². The number of ether oxygens (including phenoxy) is 1. The maximum absolute atomic E-state index is 15.3. The molecule has 10 nitrogen and oxygen atoms in total. The first-order valence-electron chi connectivity index (χ1n) is 14.0. The Morgan fingerprint density at radius 1 is 1.12 bits per heavy atom. The molecule has 2 aliphatic carbocycles. The van der Waals surface area contributed by atoms with Crippen LogP contribution in [-0.4, -0.2) is 52.0 Å². The first-order chi connectivity index (χ1) is 20.2. The predicted molar refractivity (Wildman–Crippen MR) is 147 cm³/mol. The molecule has 2 amide bonds. The van der Waals surface area contributed by atoms with Gasteiger partial charge in [0.05, 0.1) is 25.0 Å². The first kappa shape index (κ1) is 26.4. The molecule has 7 rings (SSSR count). The van der Waals surface area contributed by atoms with Gasteiger partial charge in [-0.2, -0.15) is 0 Å². The van der Waals surface area contributed by atoms with Crippen molar-refractivity contribution in [2.45, 2.75) is 57.4 Å². The average Bonchev–Trinajstić information content (AvgIpc) is 3.88. The van der Waals surface area contributed by atoms with E-state index in [2.05, 4.69) is 30.9 Å². The number of halogens is 2. The van der Waals surface area contributed by atoms with E-state index in [9.17, 15) is 14.0 Å². The maximum atomic E-state index is 15.3. The van der Waals surface area contributed by atoms with E-state index in [1.807, 2.05) is 6.92 Å². The third-order valence-corrected chi connectivity index (χ3v) is 8.66. The van der Waals surface area contributed by atoms with Crippen molar-refractivity contribution in [1.29, 1.82) is 0 Å². The molecule has 3 aromatic rings. The summed E-state index contributed by atoms with van der Waals surface area (Å²) in [6, 6.07) is 4.26. The Bertz CT molecular complexity index is 1690. The van der Waals surface area contributed by atoms with Gasteiger partial charge in [0.15, 0.2) is 11.5 Å². The highest BCUT2D eigenvalue weighted by atomic mass is 19.1. The molecule has 2 saturated carbocycles. The number of aliphatic imine (C=N–C) groups is 1. The van der Waals surface area contributed by atoms with E-state index in [1.165, 1.54) is 24.4 Å². The quantitative estimate of drug-likeness (QED) is 0.423. The molecule has 4 heterocycles. The van der Waals surface area contributed by atoms with Gasteiger partial charge in [-0.15, -0.1) is 0 Å². The molecule has 2 N–H and O–H groups in total. The number of fused-ring (bicyclic) bond motifs is 1. The zero-order valence-electron chi connectivity index (χ0n) is 23.0. The highest BCUT2D eigenvalue weighted by Crippen LogP contribution is 2.61. The van der Waals surface area contributed by atoms with Crippen LogP contribution in [0.15, 0.2) is 45.7 Å². The van der Waals surface area contributed by atoms with Crippen LogP contribution < -0.4 is 15.4 Å². The minimum absolute atomic E-state index is 0.0286. The van der Waals surface area contributed by atoms with Crippen LogP contribution in [-0.2, 0) is 4.79 Å². The lowest BCUT2D eigenvalue weighted by Gasteiger charge is -2.38. The number of pyridine rings is 1. The summed E-state index contributed by atoms with van der Waals surface area (Å²) in [6.45, 7) is 4.45. The van der Waals surface area contributed by atoms with Crippen molar-refractivity contribution < 1.29 is 27.7 Å². The number of aromatic nitrogens is 3. The Balaban J connectivity index is 1.23. The number of anilines is 1. The van der Waals surface area contributed by atoms with Crippen LogP contribution in [0.4, 0.5) is 14.5 Å². The van der Waals surface area contributed by atoms with E-state index >= 15 is 4.39 Å². The van der Waals surface area contributed by atoms with Crippen LogP contribution >= 0.6 is 0 Å². The molecule has 4 aliphatic rings. The number of carbonyl (C=O) groups is 2. The van der Waals surface area contributed by atoms with E-state index in [0.717, 1.165) is 31.3 Å². The van der Waals surface area contributed by atoms with E-state index in [4.69, 9.17) is 9.37 Å². The molecule has 2 aromatic heterocycles. The number of rotatable bonds is 7. The van der Waals surface area contributed by atoms with Crippen molar-refractivity contribution >= 4 is 28.8 Å². The molecule has 2 atom stereocenters. The van der Waals surface area contributed by atoms with Crippen LogP contribution in [0.3, 0.4) is 0 Å². The fourth-order valence-corrected chi connectivity index (χ4v) is 6.16. The summed E-state index contributed by atoms with van der Waals surface area (Å²) in [5.41, 5.74) is 3.23. The number of carbonyl (C=O) groups excluding carboxylic acids is 2. The fraction of sp³-hybridized carbons (Fsp3) is 0.400. The first-order valence-corrected chi connectivity index (χ1v) is 14.0. The molecular formula is C30H28F2N6O4. The zero-order chi connectivity index (χ0) is 29.2. The molecule has 1 unspecified atom stereocenters. The Kier molecular flexibility index (Phi) is 6.17. The van der Waals surface area contributed by atoms with Crippen molar-refractivity contribution in [3.63, 3.8) is 0 Å². The highest BCUT2D eigenvalue weighted by Gasteiger charge is 2.58. The van der Waals surface area contributed by atoms with Crippen molar-refractivity contribution in [2.24, 2.45) is 10.4 Å². The molecule has 0 bridgehead atoms. The maximum Gasteiger partial charge on any atom is 0.276 e. The van der Waals surface area contributed by atoms with Gasteiger partial charge in [-0.1, -0.05) is 11.2 Å². The number of nitrogens with zero attached hydrogens (tertiary/aromatic N) is 4. The minimum Gasteiger partial charge on any atom is -0.493 e. The van der Waals surface area contributed by atoms with Crippen molar-refractivity contribution in [2.75, 3.05) is 18.5 Å². The van der Waals surface area contributed by atoms with Gasteiger partial charge in [-0.3, -0.25) is 19.6 Å². The predicted octanol–water partition coefficient (Wildman–Crippen LogP) is 4.56. The van der Waals surface area contributed by atoms with Gasteiger partial charge in [0.25, 0.3) is 5.91 Å². The van der Waals surface area contributed by atoms with Gasteiger partial charge in [0.1, 0.15) is 29.0 Å². The summed E-state index contributed by atoms with van der Waals surface area (Å²) in [6.07, 6.45) is 4.64. The largest absolute Gasteiger partial charge is 0.493 e. The summed E-state index contributed by atoms with van der Waals surface area (Å²) in [7, 11) is 0. The summed E-state index contributed by atoms with van der Waals surface area (Å²) in [4.78, 5) is 36.2. The third-order valence-electron chi connectivity index (χ3n) is 8.66. The van der Waals surface area contributed by atoms with E-state index in [1.54, 1.807) is 13.0 Å². The van der Waals surface area contributed by atoms with Crippen molar-refractivity contribution in [3.05, 3.63) is 70.3 Å². The third kappa shape index (κ3) is 4.54. The molecule has 2 fully saturated rings. The second-order valence-corrected chi connectivity index (χ2v) is 11.6. The summed E-state index contributed by atoms with van der Waals surface area (Å²) < 4.78 is 40.2. The number of benzene rings is 1. The summed E-state index contributed by atoms with van der Waals surface area (Å²) in [5.74, 6) is -2.40. The van der Waals surface area contributed by atoms with Gasteiger partial charge < -0.3 is 15.4 Å². The van der Waals surface area contributed by atoms with Gasteiger partial charge in [0, 0.05) is 46.2 Å². The van der Waals surface area contributed by atoms with E-state index in [0.29, 0.717) is 34.8 Å². The lowest BCUT2D eigenvalue weighted by atomic mass is 9.75. The Hall–Kier alpha value is -4.48. The van der Waals surface area contributed by atoms with Crippen LogP contribution in [0.1, 0.15) is 78.8 Å². The Morgan fingerprint density at radius 2 is 1.93 bits per heavy atom. The molecule has 2 aliphatic heterocycles. The smallest absolute Gasteiger partial charge is 0.276 e. The monoisotopic (exact) mass is 574 g/mol. The number of hydrogen-bond acceptors (Lipinski definition) is 8. The van der Waals surface area contributed by atoms with E-state index in [-0.39, 0.29) is 29.6 Å². The standard InChI is InChI=1S/C30H28F2N6O4/c1-14-11-33-15(2)22(14)25-20(32)10-18(12-34-25)35-28(39)26(36-29(40)27-24(16-3-4-16)37-42-38-27)23-19-6-5-17(31)9-21(19)41-13-30(23)7-8-30/h5-6,9-10,12,16,23,26H,3-4,7-8,11,13H2,1-2H3,(H,35,39)(H,36,40)/t23?,26-/m0/s1. The van der Waals surface area contributed by atoms with E-state index < -0.39 is 40.8 Å². The number of allylic oxidation sites excluding steroid dienone is 1. The molecule has 1 aromatic carbocycles. The number of amides is 2. The molecular weight excluding hydrogens is 546 g/mol. The minimum atomic E-state index is -1.13. The highest BCUT2D eigenvalue weighted by molar-refractivity contribution is 6.24. The van der Waals surface area contributed by atoms with Crippen LogP contribution in [0, 0.1) is 17.0 Å². The van der Waals surface area contributed by atoms with Crippen LogP contribution in [0.2, 0.25) is 0 Å². The van der Waals surface area contributed by atoms with Crippen LogP contribution in [0.5, 0.6) is 5.75 Å². The van der Waals surface area contributed by atoms with Gasteiger partial charge in [-0.05, 0) is 56.3 Å². The van der Waals surface area contributed by atoms with Gasteiger partial charge in [-0.25, -0.2) is 13.4 Å². The van der Waals surface area contributed by atoms with Crippen molar-refractivity contribution in [1.82, 2.24) is 20.6 Å². The second-order valence-electron chi connectivity index (χ2n) is 11.6. The molecule has 42 heavy (non-hydrogen) atoms. The second kappa shape index (κ2) is 9.81. The SMILES string of the molecule is CC1=NCC(C)=C1c1ncc(NC(=O)[C@@H](NC(=O)c2nonc2C2CC2)C2c3ccc(F)cc3OCC23CC3)cc1F. The van der Waals surface area contributed by atoms with Crippen LogP contribution in [0.25, 0.3) is 5.57 Å². The zero-order valence-corrected chi connectivity index (χ0v) is 23.0.